The van der Waals surface area contributed by atoms with Crippen LogP contribution in [0.25, 0.3) is 55.7 Å². The van der Waals surface area contributed by atoms with Crippen LogP contribution in [0.15, 0.2) is 181 Å². The topological polar surface area (TPSA) is 51.8 Å². The molecule has 0 aliphatic carbocycles. The van der Waals surface area contributed by atoms with Gasteiger partial charge in [-0.25, -0.2) is 0 Å². The second kappa shape index (κ2) is 15.8. The summed E-state index contributed by atoms with van der Waals surface area (Å²) in [5, 5.41) is 1.93. The molecule has 9 rings (SSSR count). The fourth-order valence-corrected chi connectivity index (χ4v) is 6.88. The fraction of sp³-hybridized carbons (Fsp3) is 0.118. The number of aryl methyl sites for hydroxylation is 6. The second-order valence-electron chi connectivity index (χ2n) is 13.6. The minimum absolute atomic E-state index is 0.0118. The lowest BCUT2D eigenvalue weighted by Crippen LogP contribution is -2.00. The average Bonchev–Trinajstić information content (AvgIpc) is 3.68. The van der Waals surface area contributed by atoms with Crippen molar-refractivity contribution in [1.82, 2.24) is 15.0 Å². The highest BCUT2D eigenvalue weighted by molar-refractivity contribution is 6.09. The molecule has 0 aliphatic rings. The number of furan rings is 1. The first-order chi connectivity index (χ1) is 29.5. The number of benzene rings is 5. The van der Waals surface area contributed by atoms with Gasteiger partial charge in [-0.3, -0.25) is 15.0 Å². The van der Waals surface area contributed by atoms with E-state index < -0.39 is 19.1 Å². The maximum atomic E-state index is 9.43. The molecule has 9 aromatic rings. The molecule has 5 aromatic carbocycles. The molecular weight excluding hydrogens is 671 g/mol. The van der Waals surface area contributed by atoms with Crippen LogP contribution in [0, 0.1) is 0 Å². The predicted molar refractivity (Wildman–Crippen MR) is 225 cm³/mol. The highest BCUT2D eigenvalue weighted by Crippen LogP contribution is 2.35. The summed E-state index contributed by atoms with van der Waals surface area (Å²) in [6, 6.07) is 49.3. The van der Waals surface area contributed by atoms with Crippen molar-refractivity contribution in [1.29, 1.82) is 0 Å². The van der Waals surface area contributed by atoms with Gasteiger partial charge in [0.15, 0.2) is 0 Å². The predicted octanol–water partition coefficient (Wildman–Crippen LogP) is 12.1. The Morgan fingerprint density at radius 1 is 0.400 bits per heavy atom. The molecule has 0 aliphatic heterocycles. The summed E-state index contributed by atoms with van der Waals surface area (Å²) in [6.07, 6.45) is -1.17. The van der Waals surface area contributed by atoms with Crippen molar-refractivity contribution in [3.8, 4) is 33.8 Å². The SMILES string of the molecule is [2H]C([2H])(Cc1ccc(-c2ccccc2)nc1)c1cc(CCc2ccc(-c3ccccc3)nc2)cc(C([2H])([2H])C([2H])([2H])c2ccc(-c3cccc4c3oc3ccccc34)nc2)c1. The maximum Gasteiger partial charge on any atom is 0.144 e. The Morgan fingerprint density at radius 3 is 1.60 bits per heavy atom. The molecule has 0 spiro atoms. The summed E-state index contributed by atoms with van der Waals surface area (Å²) < 4.78 is 62.4. The highest BCUT2D eigenvalue weighted by Gasteiger charge is 2.13. The molecular formula is C51H41N3O. The summed E-state index contributed by atoms with van der Waals surface area (Å²) >= 11 is 0. The van der Waals surface area contributed by atoms with E-state index in [4.69, 9.17) is 4.42 Å². The van der Waals surface area contributed by atoms with E-state index in [1.54, 1.807) is 30.5 Å². The largest absolute Gasteiger partial charge is 0.455 e. The van der Waals surface area contributed by atoms with Crippen LogP contribution >= 0.6 is 0 Å². The van der Waals surface area contributed by atoms with Crippen LogP contribution in [0.1, 0.15) is 41.6 Å². The molecule has 4 nitrogen and oxygen atoms in total. The van der Waals surface area contributed by atoms with E-state index in [2.05, 4.69) is 15.0 Å². The first-order valence-electron chi connectivity index (χ1n) is 21.5. The number of fused-ring (bicyclic) bond motifs is 3. The Hall–Kier alpha value is -6.65. The molecule has 266 valence electrons. The summed E-state index contributed by atoms with van der Waals surface area (Å²) in [4.78, 5) is 13.9. The molecule has 0 radical (unpaired) electrons. The van der Waals surface area contributed by atoms with Gasteiger partial charge in [0.25, 0.3) is 0 Å². The third-order valence-corrected chi connectivity index (χ3v) is 9.78. The van der Waals surface area contributed by atoms with Gasteiger partial charge in [-0.15, -0.1) is 0 Å². The van der Waals surface area contributed by atoms with Gasteiger partial charge in [-0.2, -0.15) is 0 Å². The van der Waals surface area contributed by atoms with Crippen LogP contribution in [0.2, 0.25) is 0 Å². The number of para-hydroxylation sites is 2. The smallest absolute Gasteiger partial charge is 0.144 e. The summed E-state index contributed by atoms with van der Waals surface area (Å²) in [5.41, 5.74) is 9.07. The van der Waals surface area contributed by atoms with Crippen LogP contribution in [0.3, 0.4) is 0 Å². The van der Waals surface area contributed by atoms with Crippen molar-refractivity contribution < 1.29 is 12.6 Å². The van der Waals surface area contributed by atoms with Crippen LogP contribution in [0.4, 0.5) is 0 Å². The average molecular weight is 718 g/mol. The summed E-state index contributed by atoms with van der Waals surface area (Å²) in [6.45, 7) is 0. The standard InChI is InChI=1S/C51H41N3O/c1-3-10-42(11-4-1)47-27-24-36(33-52-47)18-21-39-30-40(22-19-37-25-28-48(53-34-37)43-12-5-2-6-13-43)32-41(31-39)23-20-38-26-29-49(54-35-38)46-16-9-15-45-44-14-7-8-17-50(44)55-51(45)46/h1-17,24-35H,18-23H2/i20D2,21D2,23D2. The van der Waals surface area contributed by atoms with Gasteiger partial charge >= 0.3 is 0 Å². The third kappa shape index (κ3) is 7.85. The lowest BCUT2D eigenvalue weighted by molar-refractivity contribution is 0.670. The molecule has 0 saturated carbocycles. The number of aromatic nitrogens is 3. The van der Waals surface area contributed by atoms with E-state index in [0.29, 0.717) is 35.2 Å². The van der Waals surface area contributed by atoms with Crippen molar-refractivity contribution in [2.24, 2.45) is 0 Å². The number of pyridine rings is 3. The van der Waals surface area contributed by atoms with Crippen molar-refractivity contribution in [3.63, 3.8) is 0 Å². The highest BCUT2D eigenvalue weighted by atomic mass is 16.3. The molecule has 0 fully saturated rings. The van der Waals surface area contributed by atoms with E-state index in [0.717, 1.165) is 50.0 Å². The molecule has 0 unspecified atom stereocenters. The van der Waals surface area contributed by atoms with Crippen LogP contribution in [-0.4, -0.2) is 15.0 Å². The zero-order valence-electron chi connectivity index (χ0n) is 36.1. The monoisotopic (exact) mass is 717 g/mol. The van der Waals surface area contributed by atoms with Crippen molar-refractivity contribution in [2.75, 3.05) is 0 Å². The van der Waals surface area contributed by atoms with E-state index in [-0.39, 0.29) is 23.1 Å². The van der Waals surface area contributed by atoms with Gasteiger partial charge in [0, 0.05) is 54.3 Å². The lowest BCUT2D eigenvalue weighted by atomic mass is 9.94. The normalized spacial score (nSPS) is 13.7. The van der Waals surface area contributed by atoms with E-state index in [1.807, 2.05) is 134 Å². The van der Waals surface area contributed by atoms with Gasteiger partial charge in [0.05, 0.1) is 17.1 Å². The Balaban J connectivity index is 1.03. The van der Waals surface area contributed by atoms with Gasteiger partial charge in [0.1, 0.15) is 11.2 Å². The lowest BCUT2D eigenvalue weighted by Gasteiger charge is -2.12. The third-order valence-electron chi connectivity index (χ3n) is 9.78. The van der Waals surface area contributed by atoms with Crippen LogP contribution in [0.5, 0.6) is 0 Å². The molecule has 0 saturated heterocycles. The molecule has 0 atom stereocenters. The van der Waals surface area contributed by atoms with Crippen molar-refractivity contribution >= 4 is 21.9 Å². The fourth-order valence-electron chi connectivity index (χ4n) is 6.88. The number of hydrogen-bond donors (Lipinski definition) is 0. The first-order valence-corrected chi connectivity index (χ1v) is 18.5. The van der Waals surface area contributed by atoms with Gasteiger partial charge in [-0.1, -0.05) is 127 Å². The summed E-state index contributed by atoms with van der Waals surface area (Å²) in [7, 11) is 0. The van der Waals surface area contributed by atoms with Gasteiger partial charge in [0.2, 0.25) is 0 Å². The molecule has 4 heterocycles. The number of nitrogens with zero attached hydrogens (tertiary/aromatic N) is 3. The zero-order chi connectivity index (χ0) is 42.2. The molecule has 4 aromatic heterocycles. The van der Waals surface area contributed by atoms with Crippen LogP contribution in [-0.2, 0) is 38.4 Å². The van der Waals surface area contributed by atoms with Crippen molar-refractivity contribution in [2.45, 2.75) is 38.4 Å². The number of hydrogen-bond acceptors (Lipinski definition) is 4. The van der Waals surface area contributed by atoms with E-state index >= 15 is 0 Å². The molecule has 55 heavy (non-hydrogen) atoms. The minimum Gasteiger partial charge on any atom is -0.455 e. The molecule has 0 N–H and O–H groups in total. The van der Waals surface area contributed by atoms with Gasteiger partial charge < -0.3 is 4.42 Å². The van der Waals surface area contributed by atoms with Crippen LogP contribution < -0.4 is 0 Å². The molecule has 0 amide bonds. The minimum atomic E-state index is -2.59. The summed E-state index contributed by atoms with van der Waals surface area (Å²) in [5.74, 6) is 0. The number of rotatable bonds is 12. The van der Waals surface area contributed by atoms with Gasteiger partial charge in [-0.05, 0) is 102 Å². The molecule has 4 heteroatoms. The van der Waals surface area contributed by atoms with E-state index in [9.17, 15) is 8.22 Å². The Morgan fingerprint density at radius 2 is 0.927 bits per heavy atom. The van der Waals surface area contributed by atoms with Crippen molar-refractivity contribution in [3.05, 3.63) is 210 Å². The molecule has 0 bridgehead atoms. The Labute approximate surface area is 330 Å². The Kier molecular flexibility index (Phi) is 7.99. The van der Waals surface area contributed by atoms with E-state index in [1.165, 1.54) is 12.3 Å². The Bertz CT molecular complexity index is 2950. The quantitative estimate of drug-likeness (QED) is 0.126. The zero-order valence-corrected chi connectivity index (χ0v) is 30.1. The second-order valence-corrected chi connectivity index (χ2v) is 13.6. The maximum absolute atomic E-state index is 9.43. The first kappa shape index (κ1) is 27.9.